The van der Waals surface area contributed by atoms with E-state index in [-0.39, 0.29) is 5.75 Å². The van der Waals surface area contributed by atoms with Crippen LogP contribution in [0.15, 0.2) is 30.3 Å². The first kappa shape index (κ1) is 16.5. The van der Waals surface area contributed by atoms with Crippen LogP contribution >= 0.6 is 0 Å². The summed E-state index contributed by atoms with van der Waals surface area (Å²) in [6.45, 7) is 0. The molecule has 1 aliphatic carbocycles. The molecule has 0 amide bonds. The first-order chi connectivity index (χ1) is 10.4. The number of benzene rings is 1. The molecule has 0 radical (unpaired) electrons. The molecule has 118 valence electrons. The molecule has 0 spiro atoms. The maximum Gasteiger partial charge on any atom is 0.326 e. The Morgan fingerprint density at radius 2 is 1.91 bits per heavy atom. The second-order valence-electron chi connectivity index (χ2n) is 5.66. The molecule has 1 saturated carbocycles. The molecule has 1 aromatic rings. The Kier molecular flexibility index (Phi) is 4.84. The van der Waals surface area contributed by atoms with Gasteiger partial charge in [0.05, 0.1) is 17.2 Å². The number of carboxylic acid groups (broad SMARTS) is 1. The minimum absolute atomic E-state index is 0.354. The lowest BCUT2D eigenvalue weighted by atomic mass is 9.91. The van der Waals surface area contributed by atoms with Gasteiger partial charge in [-0.15, -0.1) is 0 Å². The fourth-order valence-corrected chi connectivity index (χ4v) is 4.59. The summed E-state index contributed by atoms with van der Waals surface area (Å²) in [4.78, 5) is 11.4. The van der Waals surface area contributed by atoms with Crippen molar-refractivity contribution < 1.29 is 18.3 Å². The van der Waals surface area contributed by atoms with Gasteiger partial charge in [-0.2, -0.15) is 9.98 Å². The van der Waals surface area contributed by atoms with Gasteiger partial charge in [-0.25, -0.2) is 8.42 Å². The van der Waals surface area contributed by atoms with Gasteiger partial charge in [0, 0.05) is 0 Å². The van der Waals surface area contributed by atoms with Crippen LogP contribution in [0.1, 0.15) is 37.3 Å². The summed E-state index contributed by atoms with van der Waals surface area (Å²) < 4.78 is 26.8. The Balaban J connectivity index is 2.19. The van der Waals surface area contributed by atoms with Crippen molar-refractivity contribution >= 4 is 16.0 Å². The molecule has 1 aliphatic rings. The lowest BCUT2D eigenvalue weighted by Crippen LogP contribution is -2.39. The highest BCUT2D eigenvalue weighted by Gasteiger charge is 2.39. The van der Waals surface area contributed by atoms with Gasteiger partial charge in [0.15, 0.2) is 0 Å². The summed E-state index contributed by atoms with van der Waals surface area (Å²) in [5, 5.41) is 18.6. The predicted molar refractivity (Wildman–Crippen MR) is 80.3 cm³/mol. The Bertz CT molecular complexity index is 673. The van der Waals surface area contributed by atoms with Gasteiger partial charge in [-0.3, -0.25) is 4.79 Å². The predicted octanol–water partition coefficient (Wildman–Crippen LogP) is 1.82. The first-order valence-corrected chi connectivity index (χ1v) is 8.72. The SMILES string of the molecule is N#CC1(CS(=O)(=O)N[C@H](C(=O)O)c2ccccc2)CCCC1. The van der Waals surface area contributed by atoms with E-state index >= 15 is 0 Å². The van der Waals surface area contributed by atoms with E-state index in [1.807, 2.05) is 0 Å². The van der Waals surface area contributed by atoms with Gasteiger partial charge < -0.3 is 5.11 Å². The molecule has 1 atom stereocenters. The van der Waals surface area contributed by atoms with E-state index in [1.165, 1.54) is 0 Å². The van der Waals surface area contributed by atoms with Crippen molar-refractivity contribution in [1.29, 1.82) is 5.26 Å². The number of carbonyl (C=O) groups is 1. The summed E-state index contributed by atoms with van der Waals surface area (Å²) >= 11 is 0. The van der Waals surface area contributed by atoms with Gasteiger partial charge >= 0.3 is 5.97 Å². The number of hydrogen-bond acceptors (Lipinski definition) is 4. The Morgan fingerprint density at radius 3 is 2.41 bits per heavy atom. The van der Waals surface area contributed by atoms with E-state index < -0.39 is 27.4 Å². The van der Waals surface area contributed by atoms with E-state index in [0.29, 0.717) is 18.4 Å². The van der Waals surface area contributed by atoms with Crippen molar-refractivity contribution in [2.24, 2.45) is 5.41 Å². The number of nitrogens with one attached hydrogen (secondary N) is 1. The fraction of sp³-hybridized carbons (Fsp3) is 0.467. The second kappa shape index (κ2) is 6.46. The van der Waals surface area contributed by atoms with E-state index in [1.54, 1.807) is 30.3 Å². The average Bonchev–Trinajstić information content (AvgIpc) is 2.94. The van der Waals surface area contributed by atoms with Crippen LogP contribution in [0.5, 0.6) is 0 Å². The topological polar surface area (TPSA) is 107 Å². The van der Waals surface area contributed by atoms with Crippen LogP contribution in [0.3, 0.4) is 0 Å². The number of nitriles is 1. The molecule has 0 heterocycles. The lowest BCUT2D eigenvalue weighted by Gasteiger charge is -2.22. The van der Waals surface area contributed by atoms with E-state index in [2.05, 4.69) is 10.8 Å². The Hall–Kier alpha value is -1.91. The maximum atomic E-state index is 12.3. The van der Waals surface area contributed by atoms with Gasteiger partial charge in [-0.05, 0) is 18.4 Å². The third-order valence-corrected chi connectivity index (χ3v) is 5.47. The van der Waals surface area contributed by atoms with Crippen LogP contribution in [-0.4, -0.2) is 25.2 Å². The number of hydrogen-bond donors (Lipinski definition) is 2. The van der Waals surface area contributed by atoms with Gasteiger partial charge in [0.1, 0.15) is 6.04 Å². The van der Waals surface area contributed by atoms with Crippen molar-refractivity contribution in [2.75, 3.05) is 5.75 Å². The third-order valence-electron chi connectivity index (χ3n) is 3.94. The Labute approximate surface area is 129 Å². The van der Waals surface area contributed by atoms with E-state index in [0.717, 1.165) is 12.8 Å². The van der Waals surface area contributed by atoms with Crippen LogP contribution < -0.4 is 4.72 Å². The molecule has 6 nitrogen and oxygen atoms in total. The van der Waals surface area contributed by atoms with E-state index in [4.69, 9.17) is 0 Å². The smallest absolute Gasteiger partial charge is 0.326 e. The molecule has 0 aromatic heterocycles. The first-order valence-electron chi connectivity index (χ1n) is 7.06. The maximum absolute atomic E-state index is 12.3. The summed E-state index contributed by atoms with van der Waals surface area (Å²) in [6.07, 6.45) is 2.72. The van der Waals surface area contributed by atoms with Crippen molar-refractivity contribution in [3.63, 3.8) is 0 Å². The normalized spacial score (nSPS) is 18.5. The average molecular weight is 322 g/mol. The fourth-order valence-electron chi connectivity index (χ4n) is 2.83. The molecule has 0 aliphatic heterocycles. The zero-order chi connectivity index (χ0) is 16.2. The monoisotopic (exact) mass is 322 g/mol. The van der Waals surface area contributed by atoms with Gasteiger partial charge in [-0.1, -0.05) is 43.2 Å². The van der Waals surface area contributed by atoms with Crippen molar-refractivity contribution in [1.82, 2.24) is 4.72 Å². The minimum Gasteiger partial charge on any atom is -0.480 e. The van der Waals surface area contributed by atoms with Gasteiger partial charge in [0.25, 0.3) is 0 Å². The quantitative estimate of drug-likeness (QED) is 0.830. The third kappa shape index (κ3) is 3.84. The van der Waals surface area contributed by atoms with Crippen LogP contribution in [-0.2, 0) is 14.8 Å². The summed E-state index contributed by atoms with van der Waals surface area (Å²) in [5.41, 5.74) is -0.540. The van der Waals surface area contributed by atoms with Crippen LogP contribution in [0.25, 0.3) is 0 Å². The van der Waals surface area contributed by atoms with Crippen LogP contribution in [0.2, 0.25) is 0 Å². The molecule has 22 heavy (non-hydrogen) atoms. The highest BCUT2D eigenvalue weighted by Crippen LogP contribution is 2.38. The highest BCUT2D eigenvalue weighted by molar-refractivity contribution is 7.89. The van der Waals surface area contributed by atoms with Crippen molar-refractivity contribution in [2.45, 2.75) is 31.7 Å². The molecule has 1 aromatic carbocycles. The molecule has 0 saturated heterocycles. The molecule has 7 heteroatoms. The molecule has 2 N–H and O–H groups in total. The highest BCUT2D eigenvalue weighted by atomic mass is 32.2. The van der Waals surface area contributed by atoms with Crippen LogP contribution in [0.4, 0.5) is 0 Å². The standard InChI is InChI=1S/C15H18N2O4S/c16-10-15(8-4-5-9-15)11-22(20,21)17-13(14(18)19)12-6-2-1-3-7-12/h1-3,6-7,13,17H,4-5,8-9,11H2,(H,18,19)/t13-/m0/s1. The van der Waals surface area contributed by atoms with Crippen LogP contribution in [0, 0.1) is 16.7 Å². The number of nitrogens with zero attached hydrogens (tertiary/aromatic N) is 1. The summed E-state index contributed by atoms with van der Waals surface area (Å²) in [6, 6.07) is 8.88. The molecular weight excluding hydrogens is 304 g/mol. The van der Waals surface area contributed by atoms with Gasteiger partial charge in [0.2, 0.25) is 10.0 Å². The minimum atomic E-state index is -3.88. The zero-order valence-corrected chi connectivity index (χ0v) is 12.8. The van der Waals surface area contributed by atoms with Crippen molar-refractivity contribution in [3.8, 4) is 6.07 Å². The summed E-state index contributed by atoms with van der Waals surface area (Å²) in [7, 11) is -3.88. The zero-order valence-electron chi connectivity index (χ0n) is 12.0. The molecule has 2 rings (SSSR count). The molecular formula is C15H18N2O4S. The number of rotatable bonds is 6. The molecule has 0 unspecified atom stereocenters. The lowest BCUT2D eigenvalue weighted by molar-refractivity contribution is -0.139. The number of sulfonamides is 1. The summed E-state index contributed by atoms with van der Waals surface area (Å²) in [5.74, 6) is -1.63. The largest absolute Gasteiger partial charge is 0.480 e. The van der Waals surface area contributed by atoms with Crippen molar-refractivity contribution in [3.05, 3.63) is 35.9 Å². The van der Waals surface area contributed by atoms with E-state index in [9.17, 15) is 23.6 Å². The second-order valence-corrected chi connectivity index (χ2v) is 7.41. The number of carboxylic acids is 1. The number of aliphatic carboxylic acids is 1. The molecule has 0 bridgehead atoms. The molecule has 1 fully saturated rings. The Morgan fingerprint density at radius 1 is 1.32 bits per heavy atom.